The van der Waals surface area contributed by atoms with Crippen molar-refractivity contribution in [2.45, 2.75) is 12.6 Å². The monoisotopic (exact) mass is 387 g/mol. The fourth-order valence-electron chi connectivity index (χ4n) is 3.82. The molecule has 4 aromatic rings. The largest absolute Gasteiger partial charge is 0.361 e. The summed E-state index contributed by atoms with van der Waals surface area (Å²) in [4.78, 5) is 43.3. The number of benzene rings is 2. The van der Waals surface area contributed by atoms with Crippen LogP contribution in [0.3, 0.4) is 0 Å². The number of hydrogen-bond acceptors (Lipinski definition) is 3. The number of aromatic amines is 2. The topological polar surface area (TPSA) is 112 Å². The predicted molar refractivity (Wildman–Crippen MR) is 109 cm³/mol. The summed E-state index contributed by atoms with van der Waals surface area (Å²) in [5.74, 6) is 0.210. The molecule has 0 saturated carbocycles. The van der Waals surface area contributed by atoms with Crippen molar-refractivity contribution in [1.82, 2.24) is 19.9 Å². The number of carbonyl (C=O) groups is 1. The molecule has 2 aromatic heterocycles. The van der Waals surface area contributed by atoms with E-state index in [9.17, 15) is 14.4 Å². The molecule has 0 spiro atoms. The average molecular weight is 387 g/mol. The van der Waals surface area contributed by atoms with Crippen LogP contribution >= 0.6 is 0 Å². The van der Waals surface area contributed by atoms with Crippen LogP contribution in [0.25, 0.3) is 10.9 Å². The van der Waals surface area contributed by atoms with E-state index in [1.165, 1.54) is 4.57 Å². The molecular weight excluding hydrogens is 370 g/mol. The Kier molecular flexibility index (Phi) is 3.83. The molecule has 8 nitrogen and oxygen atoms in total. The van der Waals surface area contributed by atoms with Gasteiger partial charge in [0.15, 0.2) is 0 Å². The zero-order valence-electron chi connectivity index (χ0n) is 15.2. The Morgan fingerprint density at radius 1 is 0.931 bits per heavy atom. The fourth-order valence-corrected chi connectivity index (χ4v) is 3.82. The van der Waals surface area contributed by atoms with Crippen LogP contribution in [-0.2, 0) is 6.54 Å². The van der Waals surface area contributed by atoms with Crippen LogP contribution in [0.5, 0.6) is 0 Å². The van der Waals surface area contributed by atoms with Gasteiger partial charge in [0.2, 0.25) is 0 Å². The maximum Gasteiger partial charge on any atom is 0.330 e. The number of anilines is 1. The van der Waals surface area contributed by atoms with Crippen LogP contribution in [0.1, 0.15) is 22.7 Å². The van der Waals surface area contributed by atoms with E-state index in [-0.39, 0.29) is 12.4 Å². The number of H-pyrrole nitrogens is 2. The second kappa shape index (κ2) is 6.52. The van der Waals surface area contributed by atoms with Gasteiger partial charge in [-0.25, -0.2) is 9.59 Å². The summed E-state index contributed by atoms with van der Waals surface area (Å²) in [6.45, 7) is 0.222. The number of aromatic nitrogens is 3. The molecule has 0 fully saturated rings. The third-order valence-corrected chi connectivity index (χ3v) is 5.15. The molecule has 0 radical (unpaired) electrons. The molecule has 2 amide bonds. The first-order valence-corrected chi connectivity index (χ1v) is 9.16. The van der Waals surface area contributed by atoms with Crippen molar-refractivity contribution < 1.29 is 4.79 Å². The Bertz CT molecular complexity index is 1350. The summed E-state index contributed by atoms with van der Waals surface area (Å²) in [5.41, 5.74) is 1.72. The molecule has 1 aliphatic rings. The number of hydrogen-bond donors (Lipinski definition) is 4. The van der Waals surface area contributed by atoms with Crippen molar-refractivity contribution in [2.75, 3.05) is 5.32 Å². The molecule has 2 aromatic carbocycles. The van der Waals surface area contributed by atoms with E-state index in [4.69, 9.17) is 0 Å². The molecular formula is C21H17N5O3. The fraction of sp³-hybridized carbons (Fsp3) is 0.0952. The minimum atomic E-state index is -0.693. The molecule has 0 aliphatic carbocycles. The Balaban J connectivity index is 1.72. The molecule has 4 N–H and O–H groups in total. The van der Waals surface area contributed by atoms with Crippen LogP contribution < -0.4 is 21.9 Å². The molecule has 1 unspecified atom stereocenters. The molecule has 144 valence electrons. The number of fused-ring (bicyclic) bond motifs is 2. The number of urea groups is 1. The molecule has 0 bridgehead atoms. The van der Waals surface area contributed by atoms with E-state index in [0.717, 1.165) is 22.0 Å². The zero-order chi connectivity index (χ0) is 20.0. The lowest BCUT2D eigenvalue weighted by atomic mass is 9.98. The van der Waals surface area contributed by atoms with Gasteiger partial charge in [0.05, 0.1) is 18.2 Å². The quantitative estimate of drug-likeness (QED) is 0.433. The highest BCUT2D eigenvalue weighted by molar-refractivity contribution is 5.94. The summed E-state index contributed by atoms with van der Waals surface area (Å²) in [7, 11) is 0. The first-order chi connectivity index (χ1) is 14.1. The van der Waals surface area contributed by atoms with Gasteiger partial charge >= 0.3 is 11.7 Å². The summed E-state index contributed by atoms with van der Waals surface area (Å²) in [5, 5.41) is 6.36. The minimum absolute atomic E-state index is 0.210. The molecule has 8 heteroatoms. The zero-order valence-corrected chi connectivity index (χ0v) is 15.2. The molecule has 1 aliphatic heterocycles. The third-order valence-electron chi connectivity index (χ3n) is 5.15. The van der Waals surface area contributed by atoms with Gasteiger partial charge in [0.25, 0.3) is 5.56 Å². The number of carbonyl (C=O) groups excluding carboxylic acids is 1. The Hall–Kier alpha value is -4.07. The lowest BCUT2D eigenvalue weighted by Gasteiger charge is -2.28. The van der Waals surface area contributed by atoms with Gasteiger partial charge in [-0.3, -0.25) is 19.7 Å². The Morgan fingerprint density at radius 3 is 2.52 bits per heavy atom. The number of para-hydroxylation sites is 1. The lowest BCUT2D eigenvalue weighted by molar-refractivity contribution is 0.248. The van der Waals surface area contributed by atoms with Gasteiger partial charge in [0, 0.05) is 22.7 Å². The Labute approximate surface area is 164 Å². The number of amides is 2. The van der Waals surface area contributed by atoms with Crippen LogP contribution in [-0.4, -0.2) is 20.6 Å². The van der Waals surface area contributed by atoms with Crippen molar-refractivity contribution >= 4 is 22.8 Å². The van der Waals surface area contributed by atoms with Crippen LogP contribution in [0.15, 0.2) is 70.4 Å². The SMILES string of the molecule is O=C1Nc2c(c(=O)[nH]c(=O)n2Cc2ccccc2)C(c2c[nH]c3ccccc23)N1. The van der Waals surface area contributed by atoms with E-state index in [1.807, 2.05) is 54.6 Å². The minimum Gasteiger partial charge on any atom is -0.361 e. The van der Waals surface area contributed by atoms with E-state index >= 15 is 0 Å². The van der Waals surface area contributed by atoms with E-state index in [1.54, 1.807) is 6.20 Å². The molecule has 29 heavy (non-hydrogen) atoms. The van der Waals surface area contributed by atoms with Crippen LogP contribution in [0.2, 0.25) is 0 Å². The summed E-state index contributed by atoms with van der Waals surface area (Å²) in [6, 6.07) is 15.8. The Morgan fingerprint density at radius 2 is 1.69 bits per heavy atom. The normalized spacial score (nSPS) is 15.6. The van der Waals surface area contributed by atoms with Gasteiger partial charge in [-0.1, -0.05) is 48.5 Å². The maximum absolute atomic E-state index is 12.8. The molecule has 1 atom stereocenters. The van der Waals surface area contributed by atoms with E-state index in [0.29, 0.717) is 5.56 Å². The highest BCUT2D eigenvalue weighted by Crippen LogP contribution is 2.32. The second-order valence-corrected chi connectivity index (χ2v) is 6.91. The van der Waals surface area contributed by atoms with Gasteiger partial charge in [0.1, 0.15) is 5.82 Å². The van der Waals surface area contributed by atoms with Crippen molar-refractivity contribution in [1.29, 1.82) is 0 Å². The van der Waals surface area contributed by atoms with Crippen LogP contribution in [0.4, 0.5) is 10.6 Å². The summed E-state index contributed by atoms with van der Waals surface area (Å²) >= 11 is 0. The number of nitrogens with zero attached hydrogens (tertiary/aromatic N) is 1. The maximum atomic E-state index is 12.8. The number of rotatable bonds is 3. The summed E-state index contributed by atoms with van der Waals surface area (Å²) in [6.07, 6.45) is 1.77. The molecule has 0 saturated heterocycles. The standard InChI is InChI=1S/C21H17N5O3/c27-19-16-17(14-10-22-15-9-5-4-8-13(14)15)23-20(28)24-18(16)26(21(29)25-19)11-12-6-2-1-3-7-12/h1-10,17,22H,11H2,(H2,23,24,28)(H,25,27,29). The predicted octanol–water partition coefficient (Wildman–Crippen LogP) is 2.29. The number of nitrogens with one attached hydrogen (secondary N) is 4. The highest BCUT2D eigenvalue weighted by Gasteiger charge is 2.32. The van der Waals surface area contributed by atoms with Crippen molar-refractivity contribution in [3.63, 3.8) is 0 Å². The van der Waals surface area contributed by atoms with E-state index < -0.39 is 23.3 Å². The first kappa shape index (κ1) is 17.1. The van der Waals surface area contributed by atoms with Crippen molar-refractivity contribution in [3.8, 4) is 0 Å². The average Bonchev–Trinajstić information content (AvgIpc) is 3.15. The molecule has 3 heterocycles. The van der Waals surface area contributed by atoms with E-state index in [2.05, 4.69) is 20.6 Å². The van der Waals surface area contributed by atoms with Gasteiger partial charge < -0.3 is 10.3 Å². The van der Waals surface area contributed by atoms with Gasteiger partial charge in [-0.05, 0) is 11.6 Å². The highest BCUT2D eigenvalue weighted by atomic mass is 16.2. The van der Waals surface area contributed by atoms with Crippen molar-refractivity contribution in [2.24, 2.45) is 0 Å². The smallest absolute Gasteiger partial charge is 0.330 e. The molecule has 5 rings (SSSR count). The van der Waals surface area contributed by atoms with Gasteiger partial charge in [-0.15, -0.1) is 0 Å². The first-order valence-electron chi connectivity index (χ1n) is 9.16. The van der Waals surface area contributed by atoms with Gasteiger partial charge in [-0.2, -0.15) is 0 Å². The second-order valence-electron chi connectivity index (χ2n) is 6.91. The van der Waals surface area contributed by atoms with Crippen LogP contribution in [0, 0.1) is 0 Å². The van der Waals surface area contributed by atoms with Crippen molar-refractivity contribution in [3.05, 3.63) is 98.3 Å². The lowest BCUT2D eigenvalue weighted by Crippen LogP contribution is -2.46. The summed E-state index contributed by atoms with van der Waals surface area (Å²) < 4.78 is 1.38. The third kappa shape index (κ3) is 2.82.